The first-order chi connectivity index (χ1) is 14.0. The maximum atomic E-state index is 11.7. The number of hydrogen-bond acceptors (Lipinski definition) is 8. The molecule has 0 radical (unpaired) electrons. The zero-order chi connectivity index (χ0) is 20.6. The molecule has 1 aromatic heterocycles. The van der Waals surface area contributed by atoms with Crippen molar-refractivity contribution in [3.8, 4) is 0 Å². The predicted molar refractivity (Wildman–Crippen MR) is 110 cm³/mol. The van der Waals surface area contributed by atoms with Crippen LogP contribution in [0.4, 0.5) is 23.1 Å². The van der Waals surface area contributed by atoms with E-state index in [1.165, 1.54) is 13.1 Å². The minimum Gasteiger partial charge on any atom is -0.379 e. The monoisotopic (exact) mass is 399 g/mol. The molecule has 2 aromatic rings. The Hall–Kier alpha value is -3.24. The van der Waals surface area contributed by atoms with Gasteiger partial charge < -0.3 is 26.4 Å². The fraction of sp³-hybridized carbons (Fsp3) is 0.368. The van der Waals surface area contributed by atoms with Crippen LogP contribution in [0.15, 0.2) is 30.5 Å². The summed E-state index contributed by atoms with van der Waals surface area (Å²) in [5, 5.41) is 8.96. The van der Waals surface area contributed by atoms with Gasteiger partial charge in [-0.2, -0.15) is 4.98 Å². The number of nitrogens with one attached hydrogen (secondary N) is 3. The van der Waals surface area contributed by atoms with Crippen LogP contribution in [-0.2, 0) is 9.53 Å². The maximum absolute atomic E-state index is 11.7. The highest BCUT2D eigenvalue weighted by atomic mass is 16.5. The summed E-state index contributed by atoms with van der Waals surface area (Å²) in [4.78, 5) is 33.8. The number of benzene rings is 1. The lowest BCUT2D eigenvalue weighted by molar-refractivity contribution is -0.114. The van der Waals surface area contributed by atoms with E-state index in [9.17, 15) is 9.59 Å². The van der Waals surface area contributed by atoms with Crippen LogP contribution in [0.3, 0.4) is 0 Å². The summed E-state index contributed by atoms with van der Waals surface area (Å²) in [6.45, 7) is 6.07. The largest absolute Gasteiger partial charge is 0.379 e. The standard InChI is InChI=1S/C19H25N7O3/c1-13(27)23-14-3-2-4-15(11-14)24-19-22-12-16(17(20)28)18(25-19)21-5-6-26-7-9-29-10-8-26/h2-4,11-12H,5-10H2,1H3,(H2,20,28)(H,23,27)(H2,21,22,24,25). The Morgan fingerprint density at radius 2 is 2.00 bits per heavy atom. The van der Waals surface area contributed by atoms with Gasteiger partial charge in [0.05, 0.1) is 18.8 Å². The Morgan fingerprint density at radius 1 is 1.24 bits per heavy atom. The molecule has 1 aliphatic rings. The lowest BCUT2D eigenvalue weighted by Crippen LogP contribution is -2.39. The van der Waals surface area contributed by atoms with Crippen molar-refractivity contribution in [1.29, 1.82) is 0 Å². The van der Waals surface area contributed by atoms with Gasteiger partial charge in [0.2, 0.25) is 11.9 Å². The van der Waals surface area contributed by atoms with Crippen LogP contribution >= 0.6 is 0 Å². The van der Waals surface area contributed by atoms with Crippen molar-refractivity contribution in [3.05, 3.63) is 36.0 Å². The number of primary amides is 1. The maximum Gasteiger partial charge on any atom is 0.254 e. The number of anilines is 4. The zero-order valence-electron chi connectivity index (χ0n) is 16.3. The van der Waals surface area contributed by atoms with Crippen molar-refractivity contribution in [3.63, 3.8) is 0 Å². The number of ether oxygens (including phenoxy) is 1. The topological polar surface area (TPSA) is 134 Å². The minimum absolute atomic E-state index is 0.157. The van der Waals surface area contributed by atoms with E-state index in [4.69, 9.17) is 10.5 Å². The molecule has 1 fully saturated rings. The molecule has 3 rings (SSSR count). The second-order valence-electron chi connectivity index (χ2n) is 6.59. The third-order valence-electron chi connectivity index (χ3n) is 4.32. The van der Waals surface area contributed by atoms with Crippen molar-refractivity contribution in [2.24, 2.45) is 5.73 Å². The smallest absolute Gasteiger partial charge is 0.254 e. The van der Waals surface area contributed by atoms with Crippen LogP contribution in [-0.4, -0.2) is 66.1 Å². The highest BCUT2D eigenvalue weighted by molar-refractivity contribution is 5.97. The number of rotatable bonds is 8. The van der Waals surface area contributed by atoms with Gasteiger partial charge in [-0.3, -0.25) is 14.5 Å². The van der Waals surface area contributed by atoms with E-state index in [0.29, 0.717) is 29.7 Å². The van der Waals surface area contributed by atoms with Gasteiger partial charge >= 0.3 is 0 Å². The van der Waals surface area contributed by atoms with Gasteiger partial charge in [0.25, 0.3) is 5.91 Å². The highest BCUT2D eigenvalue weighted by Gasteiger charge is 2.14. The Morgan fingerprint density at radius 3 is 2.72 bits per heavy atom. The molecule has 10 nitrogen and oxygen atoms in total. The SMILES string of the molecule is CC(=O)Nc1cccc(Nc2ncc(C(N)=O)c(NCCN3CCOCC3)n2)c1. The molecule has 0 saturated carbocycles. The number of carbonyl (C=O) groups excluding carboxylic acids is 2. The molecule has 1 aromatic carbocycles. The Balaban J connectivity index is 1.68. The van der Waals surface area contributed by atoms with E-state index in [0.717, 1.165) is 32.8 Å². The van der Waals surface area contributed by atoms with Crippen LogP contribution < -0.4 is 21.7 Å². The summed E-state index contributed by atoms with van der Waals surface area (Å²) in [6, 6.07) is 7.16. The van der Waals surface area contributed by atoms with Crippen molar-refractivity contribution in [2.45, 2.75) is 6.92 Å². The number of hydrogen-bond donors (Lipinski definition) is 4. The second kappa shape index (κ2) is 9.80. The van der Waals surface area contributed by atoms with E-state index in [2.05, 4.69) is 30.8 Å². The van der Waals surface area contributed by atoms with Gasteiger partial charge in [-0.05, 0) is 18.2 Å². The zero-order valence-corrected chi connectivity index (χ0v) is 16.3. The van der Waals surface area contributed by atoms with E-state index in [-0.39, 0.29) is 11.5 Å². The molecule has 10 heteroatoms. The number of morpholine rings is 1. The van der Waals surface area contributed by atoms with Crippen molar-refractivity contribution >= 4 is 35.0 Å². The number of nitrogens with two attached hydrogens (primary N) is 1. The minimum atomic E-state index is -0.599. The van der Waals surface area contributed by atoms with Gasteiger partial charge in [-0.15, -0.1) is 0 Å². The van der Waals surface area contributed by atoms with Crippen LogP contribution in [0, 0.1) is 0 Å². The Kier molecular flexibility index (Phi) is 6.93. The summed E-state index contributed by atoms with van der Waals surface area (Å²) in [7, 11) is 0. The average Bonchev–Trinajstić information content (AvgIpc) is 2.68. The fourth-order valence-corrected chi connectivity index (χ4v) is 2.92. The van der Waals surface area contributed by atoms with Gasteiger partial charge in [0.15, 0.2) is 0 Å². The molecule has 2 amide bonds. The lowest BCUT2D eigenvalue weighted by atomic mass is 10.2. The molecule has 1 saturated heterocycles. The predicted octanol–water partition coefficient (Wildman–Crippen LogP) is 1.02. The van der Waals surface area contributed by atoms with E-state index in [1.54, 1.807) is 18.2 Å². The molecule has 0 atom stereocenters. The summed E-state index contributed by atoms with van der Waals surface area (Å²) in [5.41, 5.74) is 7.03. The molecule has 0 bridgehead atoms. The Bertz CT molecular complexity index is 869. The van der Waals surface area contributed by atoms with Gasteiger partial charge in [-0.1, -0.05) is 6.07 Å². The molecule has 1 aliphatic heterocycles. The first-order valence-corrected chi connectivity index (χ1v) is 9.37. The molecule has 29 heavy (non-hydrogen) atoms. The third-order valence-corrected chi connectivity index (χ3v) is 4.32. The van der Waals surface area contributed by atoms with Crippen LogP contribution in [0.2, 0.25) is 0 Å². The van der Waals surface area contributed by atoms with Gasteiger partial charge in [-0.25, -0.2) is 4.98 Å². The molecular weight excluding hydrogens is 374 g/mol. The molecule has 5 N–H and O–H groups in total. The Labute approximate surface area is 168 Å². The van der Waals surface area contributed by atoms with Crippen LogP contribution in [0.1, 0.15) is 17.3 Å². The first kappa shape index (κ1) is 20.5. The van der Waals surface area contributed by atoms with E-state index in [1.807, 2.05) is 6.07 Å². The van der Waals surface area contributed by atoms with E-state index >= 15 is 0 Å². The molecule has 0 spiro atoms. The van der Waals surface area contributed by atoms with Crippen molar-refractivity contribution in [2.75, 3.05) is 55.3 Å². The van der Waals surface area contributed by atoms with Crippen molar-refractivity contribution < 1.29 is 14.3 Å². The number of aromatic nitrogens is 2. The normalized spacial score (nSPS) is 14.2. The van der Waals surface area contributed by atoms with Gasteiger partial charge in [0.1, 0.15) is 5.82 Å². The van der Waals surface area contributed by atoms with Crippen LogP contribution in [0.25, 0.3) is 0 Å². The summed E-state index contributed by atoms with van der Waals surface area (Å²) < 4.78 is 5.34. The number of amides is 2. The summed E-state index contributed by atoms with van der Waals surface area (Å²) in [5.74, 6) is -0.0702. The third kappa shape index (κ3) is 6.13. The molecule has 0 aliphatic carbocycles. The molecule has 154 valence electrons. The second-order valence-corrected chi connectivity index (χ2v) is 6.59. The summed E-state index contributed by atoms with van der Waals surface area (Å²) >= 11 is 0. The first-order valence-electron chi connectivity index (χ1n) is 9.37. The molecule has 0 unspecified atom stereocenters. The quantitative estimate of drug-likeness (QED) is 0.517. The lowest BCUT2D eigenvalue weighted by Gasteiger charge is -2.26. The summed E-state index contributed by atoms with van der Waals surface area (Å²) in [6.07, 6.45) is 1.40. The fourth-order valence-electron chi connectivity index (χ4n) is 2.92. The van der Waals surface area contributed by atoms with Crippen molar-refractivity contribution in [1.82, 2.24) is 14.9 Å². The highest BCUT2D eigenvalue weighted by Crippen LogP contribution is 2.20. The van der Waals surface area contributed by atoms with Gasteiger partial charge in [0, 0.05) is 50.7 Å². The number of carbonyl (C=O) groups is 2. The van der Waals surface area contributed by atoms with Crippen LogP contribution in [0.5, 0.6) is 0 Å². The average molecular weight is 399 g/mol. The molecular formula is C19H25N7O3. The van der Waals surface area contributed by atoms with E-state index < -0.39 is 5.91 Å². The molecule has 2 heterocycles. The number of nitrogens with zero attached hydrogens (tertiary/aromatic N) is 3.